The van der Waals surface area contributed by atoms with E-state index in [1.165, 1.54) is 5.56 Å². The van der Waals surface area contributed by atoms with Crippen LogP contribution in [-0.4, -0.2) is 38.8 Å². The molecule has 1 rings (SSSR count). The van der Waals surface area contributed by atoms with Gasteiger partial charge in [0.25, 0.3) is 0 Å². The minimum Gasteiger partial charge on any atom is -0.493 e. The third-order valence-electron chi connectivity index (χ3n) is 3.60. The first-order valence-electron chi connectivity index (χ1n) is 7.19. The summed E-state index contributed by atoms with van der Waals surface area (Å²) in [4.78, 5) is 2.39. The lowest BCUT2D eigenvalue weighted by Gasteiger charge is -2.31. The normalized spacial score (nSPS) is 11.8. The summed E-state index contributed by atoms with van der Waals surface area (Å²) in [7, 11) is 3.30. The molecule has 0 saturated heterocycles. The Balaban J connectivity index is 2.94. The zero-order valence-electron chi connectivity index (χ0n) is 13.7. The molecule has 0 amide bonds. The number of hydrogen-bond donors (Lipinski definition) is 1. The molecule has 0 atom stereocenters. The summed E-state index contributed by atoms with van der Waals surface area (Å²) in [5, 5.41) is 0. The van der Waals surface area contributed by atoms with Crippen LogP contribution in [-0.2, 0) is 6.54 Å². The molecular weight excluding hydrogens is 332 g/mol. The maximum absolute atomic E-state index is 5.84. The molecule has 4 nitrogen and oxygen atoms in total. The Labute approximate surface area is 136 Å². The first-order chi connectivity index (χ1) is 9.86. The highest BCUT2D eigenvalue weighted by Crippen LogP contribution is 2.34. The molecule has 0 spiro atoms. The molecule has 0 aromatic heterocycles. The predicted octanol–water partition coefficient (Wildman–Crippen LogP) is 3.27. The molecule has 21 heavy (non-hydrogen) atoms. The van der Waals surface area contributed by atoms with Crippen LogP contribution in [0.25, 0.3) is 0 Å². The Morgan fingerprint density at radius 1 is 1.19 bits per heavy atom. The van der Waals surface area contributed by atoms with Gasteiger partial charge >= 0.3 is 0 Å². The average molecular weight is 359 g/mol. The smallest absolute Gasteiger partial charge is 0.161 e. The summed E-state index contributed by atoms with van der Waals surface area (Å²) < 4.78 is 11.7. The molecule has 1 aromatic carbocycles. The third kappa shape index (κ3) is 5.16. The van der Waals surface area contributed by atoms with Crippen LogP contribution < -0.4 is 15.2 Å². The van der Waals surface area contributed by atoms with Crippen LogP contribution >= 0.6 is 15.9 Å². The van der Waals surface area contributed by atoms with E-state index in [1.54, 1.807) is 14.2 Å². The second-order valence-corrected chi connectivity index (χ2v) is 6.82. The average Bonchev–Trinajstić information content (AvgIpc) is 2.47. The molecule has 1 aromatic rings. The van der Waals surface area contributed by atoms with Gasteiger partial charge in [-0.3, -0.25) is 4.90 Å². The Morgan fingerprint density at radius 2 is 1.76 bits per heavy atom. The zero-order valence-corrected chi connectivity index (χ0v) is 15.3. The Bertz CT molecular complexity index is 464. The number of nitrogens with zero attached hydrogens (tertiary/aromatic N) is 1. The van der Waals surface area contributed by atoms with Crippen molar-refractivity contribution in [1.29, 1.82) is 0 Å². The summed E-state index contributed by atoms with van der Waals surface area (Å²) >= 11 is 3.62. The van der Waals surface area contributed by atoms with Crippen molar-refractivity contribution in [3.05, 3.63) is 22.2 Å². The molecule has 0 aliphatic rings. The third-order valence-corrected chi connectivity index (χ3v) is 4.34. The van der Waals surface area contributed by atoms with Gasteiger partial charge in [-0.2, -0.15) is 0 Å². The first-order valence-corrected chi connectivity index (χ1v) is 7.99. The zero-order chi connectivity index (χ0) is 16.0. The monoisotopic (exact) mass is 358 g/mol. The first kappa shape index (κ1) is 18.3. The second-order valence-electron chi connectivity index (χ2n) is 5.97. The van der Waals surface area contributed by atoms with Gasteiger partial charge in [0, 0.05) is 17.6 Å². The van der Waals surface area contributed by atoms with Gasteiger partial charge in [0.15, 0.2) is 11.5 Å². The lowest BCUT2D eigenvalue weighted by Crippen LogP contribution is -2.38. The number of hydrogen-bond acceptors (Lipinski definition) is 4. The number of methoxy groups -OCH3 is 2. The SMILES string of the molecule is CCN(Cc1cc(OC)c(OC)cc1Br)CC(C)(C)CN. The molecule has 2 N–H and O–H groups in total. The van der Waals surface area contributed by atoms with Gasteiger partial charge in [-0.1, -0.05) is 36.7 Å². The van der Waals surface area contributed by atoms with E-state index in [0.717, 1.165) is 35.6 Å². The summed E-state index contributed by atoms with van der Waals surface area (Å²) in [5.41, 5.74) is 7.14. The lowest BCUT2D eigenvalue weighted by atomic mass is 9.93. The second kappa shape index (κ2) is 8.01. The Morgan fingerprint density at radius 3 is 2.24 bits per heavy atom. The molecule has 0 saturated carbocycles. The van der Waals surface area contributed by atoms with Crippen molar-refractivity contribution in [3.8, 4) is 11.5 Å². The number of nitrogens with two attached hydrogens (primary N) is 1. The van der Waals surface area contributed by atoms with Crippen LogP contribution in [0.1, 0.15) is 26.3 Å². The quantitative estimate of drug-likeness (QED) is 0.774. The molecule has 0 fully saturated rings. The van der Waals surface area contributed by atoms with Crippen molar-refractivity contribution in [1.82, 2.24) is 4.90 Å². The summed E-state index contributed by atoms with van der Waals surface area (Å²) in [6, 6.07) is 3.98. The van der Waals surface area contributed by atoms with Crippen molar-refractivity contribution < 1.29 is 9.47 Å². The van der Waals surface area contributed by atoms with Crippen molar-refractivity contribution in [2.75, 3.05) is 33.9 Å². The van der Waals surface area contributed by atoms with E-state index in [1.807, 2.05) is 12.1 Å². The van der Waals surface area contributed by atoms with Crippen LogP contribution in [0.5, 0.6) is 11.5 Å². The maximum Gasteiger partial charge on any atom is 0.161 e. The molecule has 0 aliphatic carbocycles. The van der Waals surface area contributed by atoms with Gasteiger partial charge in [0.05, 0.1) is 14.2 Å². The fourth-order valence-corrected chi connectivity index (χ4v) is 2.66. The van der Waals surface area contributed by atoms with Crippen LogP contribution in [0.3, 0.4) is 0 Å². The fourth-order valence-electron chi connectivity index (χ4n) is 2.21. The summed E-state index contributed by atoms with van der Waals surface area (Å²) in [6.07, 6.45) is 0. The molecular formula is C16H27BrN2O2. The number of ether oxygens (including phenoxy) is 2. The molecule has 5 heteroatoms. The standard InChI is InChI=1S/C16H27BrN2O2/c1-6-19(11-16(2,3)10-18)9-12-7-14(20-4)15(21-5)8-13(12)17/h7-8H,6,9-11,18H2,1-5H3. The van der Waals surface area contributed by atoms with Gasteiger partial charge in [-0.05, 0) is 36.2 Å². The lowest BCUT2D eigenvalue weighted by molar-refractivity contribution is 0.183. The van der Waals surface area contributed by atoms with E-state index < -0.39 is 0 Å². The highest BCUT2D eigenvalue weighted by atomic mass is 79.9. The number of rotatable bonds is 8. The van der Waals surface area contributed by atoms with Gasteiger partial charge in [-0.15, -0.1) is 0 Å². The number of benzene rings is 1. The molecule has 0 unspecified atom stereocenters. The van der Waals surface area contributed by atoms with Crippen molar-refractivity contribution in [2.24, 2.45) is 11.1 Å². The van der Waals surface area contributed by atoms with Crippen LogP contribution in [0, 0.1) is 5.41 Å². The molecule has 0 bridgehead atoms. The van der Waals surface area contributed by atoms with E-state index in [9.17, 15) is 0 Å². The van der Waals surface area contributed by atoms with Crippen LogP contribution in [0.4, 0.5) is 0 Å². The van der Waals surface area contributed by atoms with Crippen LogP contribution in [0.2, 0.25) is 0 Å². The van der Waals surface area contributed by atoms with Gasteiger partial charge in [0.2, 0.25) is 0 Å². The van der Waals surface area contributed by atoms with Crippen molar-refractivity contribution >= 4 is 15.9 Å². The Kier molecular flexibility index (Phi) is 6.97. The van der Waals surface area contributed by atoms with Gasteiger partial charge in [-0.25, -0.2) is 0 Å². The summed E-state index contributed by atoms with van der Waals surface area (Å²) in [6.45, 7) is 10.0. The maximum atomic E-state index is 5.84. The molecule has 120 valence electrons. The van der Waals surface area contributed by atoms with E-state index >= 15 is 0 Å². The van der Waals surface area contributed by atoms with E-state index in [4.69, 9.17) is 15.2 Å². The minimum absolute atomic E-state index is 0.110. The van der Waals surface area contributed by atoms with Crippen LogP contribution in [0.15, 0.2) is 16.6 Å². The summed E-state index contributed by atoms with van der Waals surface area (Å²) in [5.74, 6) is 1.49. The molecule has 0 aliphatic heterocycles. The van der Waals surface area contributed by atoms with E-state index in [2.05, 4.69) is 41.6 Å². The highest BCUT2D eigenvalue weighted by Gasteiger charge is 2.20. The molecule has 0 heterocycles. The van der Waals surface area contributed by atoms with Gasteiger partial charge in [0.1, 0.15) is 0 Å². The van der Waals surface area contributed by atoms with E-state index in [-0.39, 0.29) is 5.41 Å². The van der Waals surface area contributed by atoms with E-state index in [0.29, 0.717) is 6.54 Å². The molecule has 0 radical (unpaired) electrons. The Hall–Kier alpha value is -0.780. The number of halogens is 1. The highest BCUT2D eigenvalue weighted by molar-refractivity contribution is 9.10. The minimum atomic E-state index is 0.110. The largest absolute Gasteiger partial charge is 0.493 e. The fraction of sp³-hybridized carbons (Fsp3) is 0.625. The van der Waals surface area contributed by atoms with Crippen molar-refractivity contribution in [3.63, 3.8) is 0 Å². The predicted molar refractivity (Wildman–Crippen MR) is 91.0 cm³/mol. The van der Waals surface area contributed by atoms with Gasteiger partial charge < -0.3 is 15.2 Å². The topological polar surface area (TPSA) is 47.7 Å². The van der Waals surface area contributed by atoms with Crippen molar-refractivity contribution in [2.45, 2.75) is 27.3 Å².